The van der Waals surface area contributed by atoms with Gasteiger partial charge in [-0.2, -0.15) is 0 Å². The van der Waals surface area contributed by atoms with Gasteiger partial charge in [0, 0.05) is 5.41 Å². The minimum absolute atomic E-state index is 0.292. The van der Waals surface area contributed by atoms with E-state index in [4.69, 9.17) is 0 Å². The Bertz CT molecular complexity index is 168. The van der Waals surface area contributed by atoms with Crippen LogP contribution in [0.4, 0.5) is 0 Å². The van der Waals surface area contributed by atoms with E-state index in [2.05, 4.69) is 0 Å². The van der Waals surface area contributed by atoms with Gasteiger partial charge in [0.1, 0.15) is 0 Å². The largest absolute Gasteiger partial charge is 0.389 e. The maximum absolute atomic E-state index is 9.87. The lowest BCUT2D eigenvalue weighted by atomic mass is 9.76. The van der Waals surface area contributed by atoms with Gasteiger partial charge in [0.15, 0.2) is 0 Å². The zero-order valence-electron chi connectivity index (χ0n) is 7.22. The van der Waals surface area contributed by atoms with Crippen molar-refractivity contribution >= 4 is 0 Å². The predicted molar refractivity (Wildman–Crippen MR) is 42.1 cm³/mol. The lowest BCUT2D eigenvalue weighted by Gasteiger charge is -2.36. The number of rotatable bonds is 2. The molecule has 2 heteroatoms. The normalized spacial score (nSPS) is 31.6. The summed E-state index contributed by atoms with van der Waals surface area (Å²) in [5.41, 5.74) is -1.41. The molecule has 0 aliphatic heterocycles. The quantitative estimate of drug-likeness (QED) is 0.627. The molecule has 0 saturated heterocycles. The van der Waals surface area contributed by atoms with Crippen molar-refractivity contribution in [1.29, 1.82) is 0 Å². The summed E-state index contributed by atoms with van der Waals surface area (Å²) >= 11 is 0. The molecule has 0 aromatic rings. The Morgan fingerprint density at radius 3 is 1.36 bits per heavy atom. The number of hydrogen-bond donors (Lipinski definition) is 2. The van der Waals surface area contributed by atoms with E-state index in [0.717, 1.165) is 25.7 Å². The monoisotopic (exact) mass is 156 g/mol. The van der Waals surface area contributed by atoms with E-state index in [1.165, 1.54) is 0 Å². The molecule has 0 aromatic heterocycles. The molecule has 0 radical (unpaired) electrons. The minimum Gasteiger partial charge on any atom is -0.389 e. The SMILES string of the molecule is CC(C)(C1(O)CC1)C1(O)CC1. The first-order chi connectivity index (χ1) is 4.91. The Morgan fingerprint density at radius 2 is 1.18 bits per heavy atom. The fourth-order valence-corrected chi connectivity index (χ4v) is 1.92. The third-order valence-corrected chi connectivity index (χ3v) is 3.77. The fourth-order valence-electron chi connectivity index (χ4n) is 1.92. The summed E-state index contributed by atoms with van der Waals surface area (Å²) in [6, 6.07) is 0. The van der Waals surface area contributed by atoms with Gasteiger partial charge in [0.2, 0.25) is 0 Å². The van der Waals surface area contributed by atoms with Crippen molar-refractivity contribution in [3.63, 3.8) is 0 Å². The standard InChI is InChI=1S/C9H16O2/c1-7(2,8(10)3-4-8)9(11)5-6-9/h10-11H,3-6H2,1-2H3. The zero-order chi connectivity index (χ0) is 8.33. The second-order valence-electron chi connectivity index (χ2n) is 4.69. The second-order valence-corrected chi connectivity index (χ2v) is 4.69. The van der Waals surface area contributed by atoms with E-state index in [1.807, 2.05) is 13.8 Å². The Morgan fingerprint density at radius 1 is 0.909 bits per heavy atom. The maximum Gasteiger partial charge on any atom is 0.0728 e. The van der Waals surface area contributed by atoms with E-state index in [0.29, 0.717) is 0 Å². The summed E-state index contributed by atoms with van der Waals surface area (Å²) in [7, 11) is 0. The highest BCUT2D eigenvalue weighted by molar-refractivity contribution is 5.17. The molecular weight excluding hydrogens is 140 g/mol. The Balaban J connectivity index is 2.21. The molecule has 0 amide bonds. The van der Waals surface area contributed by atoms with E-state index in [-0.39, 0.29) is 5.41 Å². The molecule has 0 unspecified atom stereocenters. The van der Waals surface area contributed by atoms with E-state index in [9.17, 15) is 10.2 Å². The first-order valence-corrected chi connectivity index (χ1v) is 4.36. The van der Waals surface area contributed by atoms with Crippen molar-refractivity contribution in [3.05, 3.63) is 0 Å². The van der Waals surface area contributed by atoms with Crippen LogP contribution >= 0.6 is 0 Å². The number of hydrogen-bond acceptors (Lipinski definition) is 2. The summed E-state index contributed by atoms with van der Waals surface area (Å²) in [5, 5.41) is 19.7. The molecule has 0 aromatic carbocycles. The predicted octanol–water partition coefficient (Wildman–Crippen LogP) is 1.06. The Hall–Kier alpha value is -0.0800. The minimum atomic E-state index is -0.557. The highest BCUT2D eigenvalue weighted by Crippen LogP contribution is 2.62. The van der Waals surface area contributed by atoms with Crippen LogP contribution in [0.5, 0.6) is 0 Å². The Kier molecular flexibility index (Phi) is 1.13. The van der Waals surface area contributed by atoms with Crippen LogP contribution in [0.15, 0.2) is 0 Å². The molecule has 2 aliphatic rings. The molecule has 2 saturated carbocycles. The first-order valence-electron chi connectivity index (χ1n) is 4.36. The van der Waals surface area contributed by atoms with E-state index < -0.39 is 11.2 Å². The van der Waals surface area contributed by atoms with Gasteiger partial charge in [0.25, 0.3) is 0 Å². The van der Waals surface area contributed by atoms with E-state index in [1.54, 1.807) is 0 Å². The van der Waals surface area contributed by atoms with Crippen LogP contribution in [0.2, 0.25) is 0 Å². The summed E-state index contributed by atoms with van der Waals surface area (Å²) in [6.45, 7) is 3.96. The summed E-state index contributed by atoms with van der Waals surface area (Å²) in [6.07, 6.45) is 3.45. The van der Waals surface area contributed by atoms with Crippen molar-refractivity contribution in [1.82, 2.24) is 0 Å². The highest BCUT2D eigenvalue weighted by atomic mass is 16.3. The molecule has 0 heterocycles. The van der Waals surface area contributed by atoms with Gasteiger partial charge in [-0.05, 0) is 25.7 Å². The van der Waals surface area contributed by atoms with Crippen LogP contribution in [-0.4, -0.2) is 21.4 Å². The van der Waals surface area contributed by atoms with Crippen LogP contribution in [0.25, 0.3) is 0 Å². The van der Waals surface area contributed by atoms with Gasteiger partial charge >= 0.3 is 0 Å². The van der Waals surface area contributed by atoms with Gasteiger partial charge in [0.05, 0.1) is 11.2 Å². The topological polar surface area (TPSA) is 40.5 Å². The van der Waals surface area contributed by atoms with Crippen LogP contribution < -0.4 is 0 Å². The highest BCUT2D eigenvalue weighted by Gasteiger charge is 2.66. The van der Waals surface area contributed by atoms with Gasteiger partial charge in [-0.3, -0.25) is 0 Å². The molecule has 11 heavy (non-hydrogen) atoms. The molecule has 0 spiro atoms. The maximum atomic E-state index is 9.87. The average Bonchev–Trinajstić information content (AvgIpc) is 2.72. The lowest BCUT2D eigenvalue weighted by Crippen LogP contribution is -2.43. The molecular formula is C9H16O2. The summed E-state index contributed by atoms with van der Waals surface area (Å²) in [5.74, 6) is 0. The van der Waals surface area contributed by atoms with Gasteiger partial charge in [-0.15, -0.1) is 0 Å². The average molecular weight is 156 g/mol. The Labute approximate surface area is 67.2 Å². The van der Waals surface area contributed by atoms with Gasteiger partial charge < -0.3 is 10.2 Å². The molecule has 64 valence electrons. The molecule has 2 aliphatic carbocycles. The third kappa shape index (κ3) is 0.798. The van der Waals surface area contributed by atoms with Gasteiger partial charge in [-0.25, -0.2) is 0 Å². The van der Waals surface area contributed by atoms with Crippen LogP contribution in [0.1, 0.15) is 39.5 Å². The van der Waals surface area contributed by atoms with Crippen molar-refractivity contribution in [2.24, 2.45) is 5.41 Å². The van der Waals surface area contributed by atoms with Crippen molar-refractivity contribution in [2.45, 2.75) is 50.7 Å². The summed E-state index contributed by atoms with van der Waals surface area (Å²) < 4.78 is 0. The van der Waals surface area contributed by atoms with Crippen LogP contribution in [0, 0.1) is 5.41 Å². The van der Waals surface area contributed by atoms with E-state index >= 15 is 0 Å². The second kappa shape index (κ2) is 1.64. The van der Waals surface area contributed by atoms with Crippen molar-refractivity contribution in [2.75, 3.05) is 0 Å². The molecule has 2 rings (SSSR count). The van der Waals surface area contributed by atoms with Gasteiger partial charge in [-0.1, -0.05) is 13.8 Å². The van der Waals surface area contributed by atoms with Crippen LogP contribution in [-0.2, 0) is 0 Å². The van der Waals surface area contributed by atoms with Crippen molar-refractivity contribution in [3.8, 4) is 0 Å². The molecule has 2 nitrogen and oxygen atoms in total. The molecule has 0 atom stereocenters. The summed E-state index contributed by atoms with van der Waals surface area (Å²) in [4.78, 5) is 0. The lowest BCUT2D eigenvalue weighted by molar-refractivity contribution is -0.0798. The van der Waals surface area contributed by atoms with Crippen molar-refractivity contribution < 1.29 is 10.2 Å². The first kappa shape index (κ1) is 7.56. The molecule has 2 N–H and O–H groups in total. The molecule has 0 bridgehead atoms. The van der Waals surface area contributed by atoms with Crippen LogP contribution in [0.3, 0.4) is 0 Å². The smallest absolute Gasteiger partial charge is 0.0728 e. The fraction of sp³-hybridized carbons (Fsp3) is 1.00. The third-order valence-electron chi connectivity index (χ3n) is 3.77. The zero-order valence-corrected chi connectivity index (χ0v) is 7.22. The number of aliphatic hydroxyl groups is 2. The molecule has 2 fully saturated rings.